The van der Waals surface area contributed by atoms with Gasteiger partial charge in [-0.25, -0.2) is 14.8 Å². The van der Waals surface area contributed by atoms with Crippen LogP contribution in [0, 0.1) is 0 Å². The van der Waals surface area contributed by atoms with Crippen molar-refractivity contribution in [2.45, 2.75) is 24.9 Å². The molecule has 9 heteroatoms. The highest BCUT2D eigenvalue weighted by Crippen LogP contribution is 2.30. The lowest BCUT2D eigenvalue weighted by molar-refractivity contribution is 0.104. The zero-order chi connectivity index (χ0) is 22.8. The number of nitrogens with one attached hydrogen (secondary N) is 3. The van der Waals surface area contributed by atoms with Crippen molar-refractivity contribution in [2.75, 3.05) is 5.32 Å². The number of anilines is 1. The van der Waals surface area contributed by atoms with Gasteiger partial charge in [-0.3, -0.25) is 4.79 Å². The highest BCUT2D eigenvalue weighted by molar-refractivity contribution is 6.18. The van der Waals surface area contributed by atoms with E-state index in [-0.39, 0.29) is 17.9 Å². The molecule has 4 N–H and O–H groups in total. The quantitative estimate of drug-likeness (QED) is 0.315. The molecule has 0 unspecified atom stereocenters. The van der Waals surface area contributed by atoms with E-state index in [2.05, 4.69) is 25.6 Å². The van der Waals surface area contributed by atoms with Crippen molar-refractivity contribution < 1.29 is 19.4 Å². The van der Waals surface area contributed by atoms with Crippen molar-refractivity contribution in [1.29, 1.82) is 0 Å². The van der Waals surface area contributed by atoms with Crippen LogP contribution in [0.2, 0.25) is 0 Å². The van der Waals surface area contributed by atoms with Crippen LogP contribution in [0.5, 0.6) is 11.5 Å². The largest absolute Gasteiger partial charge is 0.465 e. The zero-order valence-corrected chi connectivity index (χ0v) is 17.5. The molecule has 2 aromatic heterocycles. The summed E-state index contributed by atoms with van der Waals surface area (Å²) in [6.45, 7) is 0. The Balaban J connectivity index is 1.34. The number of carbonyl (C=O) groups is 2. The lowest BCUT2D eigenvalue weighted by atomic mass is 9.87. The second-order valence-electron chi connectivity index (χ2n) is 7.88. The van der Waals surface area contributed by atoms with Crippen molar-refractivity contribution in [1.82, 2.24) is 20.3 Å². The number of hydrogen-bond donors (Lipinski definition) is 4. The number of ketones is 1. The van der Waals surface area contributed by atoms with Crippen LogP contribution in [0.25, 0.3) is 11.0 Å². The van der Waals surface area contributed by atoms with Crippen LogP contribution in [0.3, 0.4) is 0 Å². The summed E-state index contributed by atoms with van der Waals surface area (Å²) in [7, 11) is 0. The predicted molar refractivity (Wildman–Crippen MR) is 122 cm³/mol. The first-order valence-electron chi connectivity index (χ1n) is 10.5. The van der Waals surface area contributed by atoms with Crippen LogP contribution in [-0.2, 0) is 0 Å². The van der Waals surface area contributed by atoms with Crippen LogP contribution >= 0.6 is 0 Å². The molecule has 0 spiro atoms. The fraction of sp³-hybridized carbons (Fsp3) is 0.167. The molecule has 166 valence electrons. The fourth-order valence-electron chi connectivity index (χ4n) is 3.93. The van der Waals surface area contributed by atoms with Gasteiger partial charge in [-0.05, 0) is 49.2 Å². The van der Waals surface area contributed by atoms with Gasteiger partial charge in [-0.1, -0.05) is 18.2 Å². The topological polar surface area (TPSA) is 129 Å². The van der Waals surface area contributed by atoms with Crippen LogP contribution in [0.15, 0.2) is 67.1 Å². The number of amides is 1. The van der Waals surface area contributed by atoms with Crippen molar-refractivity contribution in [3.63, 3.8) is 0 Å². The van der Waals surface area contributed by atoms with Crippen LogP contribution < -0.4 is 15.4 Å². The summed E-state index contributed by atoms with van der Waals surface area (Å²) < 4.78 is 5.80. The van der Waals surface area contributed by atoms with E-state index in [4.69, 9.17) is 9.84 Å². The molecule has 1 aliphatic carbocycles. The van der Waals surface area contributed by atoms with Crippen molar-refractivity contribution in [3.05, 3.63) is 78.2 Å². The number of H-pyrrole nitrogens is 1. The van der Waals surface area contributed by atoms with Gasteiger partial charge < -0.3 is 25.5 Å². The SMILES string of the molecule is O=C(O)NC1CC(Nc2ncnc3[nH]cc(C(=O)c4ccc(Oc5ccccc5)cc4)c23)C1. The van der Waals surface area contributed by atoms with Gasteiger partial charge in [-0.2, -0.15) is 0 Å². The molecule has 1 fully saturated rings. The van der Waals surface area contributed by atoms with E-state index >= 15 is 0 Å². The Morgan fingerprint density at radius 3 is 2.42 bits per heavy atom. The zero-order valence-electron chi connectivity index (χ0n) is 17.5. The molecule has 1 aliphatic rings. The van der Waals surface area contributed by atoms with Gasteiger partial charge >= 0.3 is 6.09 Å². The molecule has 1 saturated carbocycles. The molecular weight excluding hydrogens is 422 g/mol. The molecule has 0 atom stereocenters. The standard InChI is InChI=1S/C24H21N5O4/c30-21(14-6-8-18(9-7-14)33-17-4-2-1-3-5-17)19-12-25-22-20(19)23(27-13-26-22)28-15-10-16(11-15)29-24(31)32/h1-9,12-13,15-16,29H,10-11H2,(H,31,32)(H2,25,26,27,28). The number of carboxylic acid groups (broad SMARTS) is 1. The minimum atomic E-state index is -1.03. The molecule has 2 heterocycles. The second-order valence-corrected chi connectivity index (χ2v) is 7.88. The summed E-state index contributed by atoms with van der Waals surface area (Å²) in [5.74, 6) is 1.74. The number of hydrogen-bond acceptors (Lipinski definition) is 6. The average Bonchev–Trinajstić information content (AvgIpc) is 3.23. The Kier molecular flexibility index (Phi) is 5.35. The Labute approximate surface area is 188 Å². The predicted octanol–water partition coefficient (Wildman–Crippen LogP) is 4.19. The highest BCUT2D eigenvalue weighted by Gasteiger charge is 2.31. The molecule has 1 amide bonds. The summed E-state index contributed by atoms with van der Waals surface area (Å²) >= 11 is 0. The number of para-hydroxylation sites is 1. The van der Waals surface area contributed by atoms with Crippen LogP contribution in [-0.4, -0.2) is 44.0 Å². The van der Waals surface area contributed by atoms with Crippen molar-refractivity contribution in [2.24, 2.45) is 0 Å². The maximum absolute atomic E-state index is 13.3. The average molecular weight is 443 g/mol. The Morgan fingerprint density at radius 2 is 1.70 bits per heavy atom. The van der Waals surface area contributed by atoms with E-state index in [1.807, 2.05) is 30.3 Å². The summed E-state index contributed by atoms with van der Waals surface area (Å²) in [5, 5.41) is 15.2. The molecule has 0 aliphatic heterocycles. The number of aromatic amines is 1. The molecule has 9 nitrogen and oxygen atoms in total. The minimum Gasteiger partial charge on any atom is -0.465 e. The first-order chi connectivity index (χ1) is 16.1. The molecule has 0 radical (unpaired) electrons. The van der Waals surface area contributed by atoms with E-state index in [9.17, 15) is 9.59 Å². The van der Waals surface area contributed by atoms with Gasteiger partial charge in [-0.15, -0.1) is 0 Å². The van der Waals surface area contributed by atoms with E-state index in [1.54, 1.807) is 30.5 Å². The molecule has 2 aromatic carbocycles. The molecule has 0 saturated heterocycles. The highest BCUT2D eigenvalue weighted by atomic mass is 16.5. The summed E-state index contributed by atoms with van der Waals surface area (Å²) in [6, 6.07) is 16.4. The number of benzene rings is 2. The summed E-state index contributed by atoms with van der Waals surface area (Å²) in [5.41, 5.74) is 1.53. The molecular formula is C24H21N5O4. The number of aromatic nitrogens is 3. The third-order valence-electron chi connectivity index (χ3n) is 5.62. The first-order valence-corrected chi connectivity index (χ1v) is 10.5. The molecule has 4 aromatic rings. The minimum absolute atomic E-state index is 0.0622. The normalized spacial score (nSPS) is 17.2. The van der Waals surface area contributed by atoms with Gasteiger partial charge in [0.05, 0.1) is 10.9 Å². The maximum Gasteiger partial charge on any atom is 0.404 e. The third-order valence-corrected chi connectivity index (χ3v) is 5.62. The lowest BCUT2D eigenvalue weighted by Crippen LogP contribution is -2.49. The number of nitrogens with zero attached hydrogens (tertiary/aromatic N) is 2. The van der Waals surface area contributed by atoms with Crippen molar-refractivity contribution >= 4 is 28.7 Å². The second kappa shape index (κ2) is 8.62. The Bertz CT molecular complexity index is 1300. The Hall–Kier alpha value is -4.40. The first kappa shape index (κ1) is 20.5. The number of carbonyl (C=O) groups excluding carboxylic acids is 1. The van der Waals surface area contributed by atoms with Gasteiger partial charge in [0.25, 0.3) is 0 Å². The lowest BCUT2D eigenvalue weighted by Gasteiger charge is -2.35. The van der Waals surface area contributed by atoms with Gasteiger partial charge in [0.15, 0.2) is 5.78 Å². The molecule has 5 rings (SSSR count). The van der Waals surface area contributed by atoms with Gasteiger partial charge in [0.1, 0.15) is 29.3 Å². The van der Waals surface area contributed by atoms with E-state index in [0.29, 0.717) is 46.6 Å². The van der Waals surface area contributed by atoms with Crippen molar-refractivity contribution in [3.8, 4) is 11.5 Å². The van der Waals surface area contributed by atoms with E-state index < -0.39 is 6.09 Å². The maximum atomic E-state index is 13.3. The van der Waals surface area contributed by atoms with E-state index in [1.165, 1.54) is 6.33 Å². The van der Waals surface area contributed by atoms with Gasteiger partial charge in [0.2, 0.25) is 0 Å². The Morgan fingerprint density at radius 1 is 0.970 bits per heavy atom. The smallest absolute Gasteiger partial charge is 0.404 e. The van der Waals surface area contributed by atoms with Gasteiger partial charge in [0, 0.05) is 23.8 Å². The molecule has 0 bridgehead atoms. The fourth-order valence-corrected chi connectivity index (χ4v) is 3.93. The van der Waals surface area contributed by atoms with Crippen LogP contribution in [0.4, 0.5) is 10.6 Å². The third kappa shape index (κ3) is 4.33. The van der Waals surface area contributed by atoms with Crippen LogP contribution in [0.1, 0.15) is 28.8 Å². The number of fused-ring (bicyclic) bond motifs is 1. The number of rotatable bonds is 7. The summed E-state index contributed by atoms with van der Waals surface area (Å²) in [6.07, 6.45) is 3.33. The number of ether oxygens (including phenoxy) is 1. The van der Waals surface area contributed by atoms with E-state index in [0.717, 1.165) is 5.75 Å². The monoisotopic (exact) mass is 443 g/mol. The summed E-state index contributed by atoms with van der Waals surface area (Å²) in [4.78, 5) is 35.6. The molecule has 33 heavy (non-hydrogen) atoms.